The number of carbonyl (C=O) groups is 1. The minimum absolute atomic E-state index is 0. The summed E-state index contributed by atoms with van der Waals surface area (Å²) in [5.74, 6) is 0.505. The molecule has 0 saturated heterocycles. The maximum Gasteiger partial charge on any atom is 0.270 e. The summed E-state index contributed by atoms with van der Waals surface area (Å²) in [7, 11) is 0. The van der Waals surface area contributed by atoms with Crippen LogP contribution in [0.3, 0.4) is 0 Å². The average molecular weight is 338 g/mol. The second-order valence-electron chi connectivity index (χ2n) is 5.41. The van der Waals surface area contributed by atoms with Gasteiger partial charge in [-0.05, 0) is 30.9 Å². The molecular weight excluding hydrogens is 318 g/mol. The second-order valence-corrected chi connectivity index (χ2v) is 6.36. The molecule has 1 saturated carbocycles. The van der Waals surface area contributed by atoms with Crippen LogP contribution in [0.5, 0.6) is 0 Å². The Morgan fingerprint density at radius 2 is 2.05 bits per heavy atom. The van der Waals surface area contributed by atoms with E-state index in [4.69, 9.17) is 5.73 Å². The van der Waals surface area contributed by atoms with Crippen LogP contribution in [0.15, 0.2) is 35.7 Å². The van der Waals surface area contributed by atoms with Crippen LogP contribution >= 0.6 is 23.7 Å². The van der Waals surface area contributed by atoms with Crippen molar-refractivity contribution in [2.24, 2.45) is 5.73 Å². The van der Waals surface area contributed by atoms with Crippen LogP contribution in [-0.2, 0) is 6.42 Å². The van der Waals surface area contributed by atoms with E-state index in [9.17, 15) is 4.79 Å². The SMILES string of the molecule is Cl.NCCc1nc(C(=O)NC2CC(c3ccccc3)C2)cs1. The maximum atomic E-state index is 12.1. The Balaban J connectivity index is 0.00000176. The van der Waals surface area contributed by atoms with Crippen LogP contribution in [0.2, 0.25) is 0 Å². The summed E-state index contributed by atoms with van der Waals surface area (Å²) in [6.45, 7) is 0.565. The van der Waals surface area contributed by atoms with Crippen molar-refractivity contribution in [3.63, 3.8) is 0 Å². The number of carbonyl (C=O) groups excluding carboxylic acids is 1. The van der Waals surface area contributed by atoms with Gasteiger partial charge in [-0.1, -0.05) is 30.3 Å². The van der Waals surface area contributed by atoms with Crippen molar-refractivity contribution in [2.75, 3.05) is 6.54 Å². The highest BCUT2D eigenvalue weighted by atomic mass is 35.5. The molecule has 118 valence electrons. The molecule has 1 aromatic heterocycles. The molecule has 0 aliphatic heterocycles. The Morgan fingerprint density at radius 3 is 2.73 bits per heavy atom. The summed E-state index contributed by atoms with van der Waals surface area (Å²) in [4.78, 5) is 16.4. The lowest BCUT2D eigenvalue weighted by molar-refractivity contribution is 0.0904. The molecule has 1 fully saturated rings. The van der Waals surface area contributed by atoms with Crippen LogP contribution in [0.1, 0.15) is 39.8 Å². The molecule has 1 aliphatic carbocycles. The van der Waals surface area contributed by atoms with Gasteiger partial charge in [0.25, 0.3) is 5.91 Å². The molecule has 1 heterocycles. The van der Waals surface area contributed by atoms with Gasteiger partial charge in [0, 0.05) is 17.8 Å². The molecule has 1 amide bonds. The van der Waals surface area contributed by atoms with Crippen molar-refractivity contribution < 1.29 is 4.79 Å². The van der Waals surface area contributed by atoms with Crippen molar-refractivity contribution in [1.82, 2.24) is 10.3 Å². The van der Waals surface area contributed by atoms with Crippen LogP contribution in [-0.4, -0.2) is 23.5 Å². The Hall–Kier alpha value is -1.43. The van der Waals surface area contributed by atoms with E-state index in [1.807, 2.05) is 11.4 Å². The average Bonchev–Trinajstić information content (AvgIpc) is 2.92. The molecule has 6 heteroatoms. The minimum Gasteiger partial charge on any atom is -0.348 e. The standard InChI is InChI=1S/C16H19N3OS.ClH/c17-7-6-15-19-14(10-21-15)16(20)18-13-8-12(9-13)11-4-2-1-3-5-11;/h1-5,10,12-13H,6-9,17H2,(H,18,20);1H. The van der Waals surface area contributed by atoms with Gasteiger partial charge in [0.15, 0.2) is 0 Å². The number of halogens is 1. The molecule has 1 aliphatic rings. The molecule has 0 radical (unpaired) electrons. The predicted molar refractivity (Wildman–Crippen MR) is 91.8 cm³/mol. The van der Waals surface area contributed by atoms with Crippen LogP contribution in [0.4, 0.5) is 0 Å². The van der Waals surface area contributed by atoms with Gasteiger partial charge in [0.1, 0.15) is 5.69 Å². The lowest BCUT2D eigenvalue weighted by Gasteiger charge is -2.36. The van der Waals surface area contributed by atoms with Crippen molar-refractivity contribution in [3.8, 4) is 0 Å². The monoisotopic (exact) mass is 337 g/mol. The number of rotatable bonds is 5. The summed E-state index contributed by atoms with van der Waals surface area (Å²) in [6.07, 6.45) is 2.75. The lowest BCUT2D eigenvalue weighted by Crippen LogP contribution is -2.43. The number of hydrogen-bond donors (Lipinski definition) is 2. The molecule has 2 aromatic rings. The Labute approximate surface area is 140 Å². The summed E-state index contributed by atoms with van der Waals surface area (Å²) in [5, 5.41) is 5.80. The summed E-state index contributed by atoms with van der Waals surface area (Å²) in [6, 6.07) is 10.7. The zero-order valence-electron chi connectivity index (χ0n) is 12.2. The summed E-state index contributed by atoms with van der Waals surface area (Å²) >= 11 is 1.50. The first kappa shape index (κ1) is 16.9. The van der Waals surface area contributed by atoms with Crippen LogP contribution in [0, 0.1) is 0 Å². The fourth-order valence-corrected chi connectivity index (χ4v) is 3.44. The van der Waals surface area contributed by atoms with Crippen molar-refractivity contribution in [1.29, 1.82) is 0 Å². The molecular formula is C16H20ClN3OS. The fourth-order valence-electron chi connectivity index (χ4n) is 2.65. The van der Waals surface area contributed by atoms with Gasteiger partial charge < -0.3 is 11.1 Å². The van der Waals surface area contributed by atoms with Gasteiger partial charge in [-0.15, -0.1) is 23.7 Å². The van der Waals surface area contributed by atoms with Crippen molar-refractivity contribution >= 4 is 29.7 Å². The van der Waals surface area contributed by atoms with E-state index in [1.54, 1.807) is 0 Å². The van der Waals surface area contributed by atoms with E-state index in [1.165, 1.54) is 16.9 Å². The molecule has 4 nitrogen and oxygen atoms in total. The van der Waals surface area contributed by atoms with Gasteiger partial charge in [0.2, 0.25) is 0 Å². The third kappa shape index (κ3) is 3.85. The number of nitrogens with one attached hydrogen (secondary N) is 1. The third-order valence-corrected chi connectivity index (χ3v) is 4.80. The number of nitrogens with two attached hydrogens (primary N) is 1. The minimum atomic E-state index is -0.0639. The first-order chi connectivity index (χ1) is 10.3. The number of thiazole rings is 1. The summed E-state index contributed by atoms with van der Waals surface area (Å²) in [5.41, 5.74) is 7.38. The Morgan fingerprint density at radius 1 is 1.32 bits per heavy atom. The summed E-state index contributed by atoms with van der Waals surface area (Å²) < 4.78 is 0. The maximum absolute atomic E-state index is 12.1. The van der Waals surface area contributed by atoms with Gasteiger partial charge in [-0.3, -0.25) is 4.79 Å². The molecule has 3 N–H and O–H groups in total. The molecule has 1 aromatic carbocycles. The first-order valence-electron chi connectivity index (χ1n) is 7.26. The number of nitrogens with zero attached hydrogens (tertiary/aromatic N) is 1. The zero-order chi connectivity index (χ0) is 14.7. The van der Waals surface area contributed by atoms with Crippen molar-refractivity contribution in [3.05, 3.63) is 52.0 Å². The third-order valence-electron chi connectivity index (χ3n) is 3.89. The van der Waals surface area contributed by atoms with E-state index in [-0.39, 0.29) is 24.4 Å². The van der Waals surface area contributed by atoms with E-state index < -0.39 is 0 Å². The number of hydrogen-bond acceptors (Lipinski definition) is 4. The van der Waals surface area contributed by atoms with E-state index in [0.29, 0.717) is 18.2 Å². The quantitative estimate of drug-likeness (QED) is 0.881. The predicted octanol–water partition coefficient (Wildman–Crippen LogP) is 2.74. The first-order valence-corrected chi connectivity index (χ1v) is 8.14. The molecule has 0 atom stereocenters. The lowest BCUT2D eigenvalue weighted by atomic mass is 9.76. The number of amides is 1. The highest BCUT2D eigenvalue weighted by Gasteiger charge is 2.31. The molecule has 22 heavy (non-hydrogen) atoms. The van der Waals surface area contributed by atoms with Crippen LogP contribution in [0.25, 0.3) is 0 Å². The topological polar surface area (TPSA) is 68.0 Å². The van der Waals surface area contributed by atoms with Crippen LogP contribution < -0.4 is 11.1 Å². The zero-order valence-corrected chi connectivity index (χ0v) is 13.8. The van der Waals surface area contributed by atoms with Gasteiger partial charge in [-0.2, -0.15) is 0 Å². The molecule has 0 spiro atoms. The van der Waals surface area contributed by atoms with Crippen molar-refractivity contribution in [2.45, 2.75) is 31.2 Å². The van der Waals surface area contributed by atoms with E-state index >= 15 is 0 Å². The highest BCUT2D eigenvalue weighted by Crippen LogP contribution is 2.36. The van der Waals surface area contributed by atoms with Gasteiger partial charge in [0.05, 0.1) is 5.01 Å². The Kier molecular flexibility index (Phi) is 5.94. The van der Waals surface area contributed by atoms with E-state index in [2.05, 4.69) is 34.6 Å². The second kappa shape index (κ2) is 7.72. The number of benzene rings is 1. The number of aromatic nitrogens is 1. The normalized spacial score (nSPS) is 19.9. The largest absolute Gasteiger partial charge is 0.348 e. The fraction of sp³-hybridized carbons (Fsp3) is 0.375. The molecule has 3 rings (SSSR count). The van der Waals surface area contributed by atoms with E-state index in [0.717, 1.165) is 24.3 Å². The molecule has 0 unspecified atom stereocenters. The van der Waals surface area contributed by atoms with Gasteiger partial charge >= 0.3 is 0 Å². The Bertz CT molecular complexity index is 611. The smallest absolute Gasteiger partial charge is 0.270 e. The highest BCUT2D eigenvalue weighted by molar-refractivity contribution is 7.09. The van der Waals surface area contributed by atoms with Gasteiger partial charge in [-0.25, -0.2) is 4.98 Å². The molecule has 0 bridgehead atoms.